The molecule has 4 aromatic rings. The van der Waals surface area contributed by atoms with Crippen molar-refractivity contribution in [1.29, 1.82) is 0 Å². The van der Waals surface area contributed by atoms with Crippen LogP contribution in [0, 0.1) is 0 Å². The number of hydrogen-bond donors (Lipinski definition) is 2. The van der Waals surface area contributed by atoms with Gasteiger partial charge in [-0.1, -0.05) is 30.3 Å². The fourth-order valence-corrected chi connectivity index (χ4v) is 3.41. The molecule has 0 aliphatic rings. The van der Waals surface area contributed by atoms with Gasteiger partial charge in [-0.15, -0.1) is 0 Å². The van der Waals surface area contributed by atoms with Crippen molar-refractivity contribution in [3.8, 4) is 11.1 Å². The highest BCUT2D eigenvalue weighted by Crippen LogP contribution is 2.37. The average Bonchev–Trinajstić information content (AvgIpc) is 3.05. The van der Waals surface area contributed by atoms with Gasteiger partial charge in [0.05, 0.1) is 18.3 Å². The zero-order chi connectivity index (χ0) is 19.7. The molecule has 0 atom stereocenters. The van der Waals surface area contributed by atoms with Gasteiger partial charge in [-0.3, -0.25) is 4.79 Å². The molecule has 4 rings (SSSR count). The largest absolute Gasteiger partial charge is 0.461 e. The number of ether oxygens (including phenoxy) is 1. The third-order valence-electron chi connectivity index (χ3n) is 4.49. The van der Waals surface area contributed by atoms with E-state index >= 15 is 0 Å². The van der Waals surface area contributed by atoms with Gasteiger partial charge < -0.3 is 15.0 Å². The van der Waals surface area contributed by atoms with Crippen LogP contribution in [-0.4, -0.2) is 28.5 Å². The number of nitrogens with one attached hydrogen (secondary N) is 2. The van der Waals surface area contributed by atoms with E-state index in [0.717, 1.165) is 27.4 Å². The zero-order valence-corrected chi connectivity index (χ0v) is 15.6. The first-order valence-corrected chi connectivity index (χ1v) is 9.03. The van der Waals surface area contributed by atoms with Gasteiger partial charge in [-0.05, 0) is 30.7 Å². The predicted molar refractivity (Wildman–Crippen MR) is 109 cm³/mol. The molecule has 0 aliphatic heterocycles. The topological polar surface area (TPSA) is 84.1 Å². The smallest absolute Gasteiger partial charge is 0.357 e. The van der Waals surface area contributed by atoms with E-state index in [-0.39, 0.29) is 18.2 Å². The van der Waals surface area contributed by atoms with Gasteiger partial charge in [-0.2, -0.15) is 0 Å². The van der Waals surface area contributed by atoms with Gasteiger partial charge in [0, 0.05) is 34.5 Å². The number of amides is 1. The molecule has 0 bridgehead atoms. The second-order valence-electron chi connectivity index (χ2n) is 6.42. The Morgan fingerprint density at radius 2 is 1.89 bits per heavy atom. The maximum absolute atomic E-state index is 12.6. The monoisotopic (exact) mass is 373 g/mol. The normalized spacial score (nSPS) is 10.9. The molecule has 28 heavy (non-hydrogen) atoms. The summed E-state index contributed by atoms with van der Waals surface area (Å²) in [6.07, 6.45) is 1.64. The van der Waals surface area contributed by atoms with Crippen LogP contribution < -0.4 is 5.32 Å². The SMILES string of the molecule is CCOC(=O)c1ncc2[nH]c3ccc(NC(C)=O)cc3c2c1-c1ccccc1. The summed E-state index contributed by atoms with van der Waals surface area (Å²) in [4.78, 5) is 31.8. The number of H-pyrrole nitrogens is 1. The number of carbonyl (C=O) groups excluding carboxylic acids is 2. The minimum absolute atomic E-state index is 0.142. The number of hydrogen-bond acceptors (Lipinski definition) is 4. The summed E-state index contributed by atoms with van der Waals surface area (Å²) in [6, 6.07) is 15.3. The van der Waals surface area contributed by atoms with Crippen LogP contribution in [0.25, 0.3) is 32.9 Å². The number of aromatic nitrogens is 2. The summed E-state index contributed by atoms with van der Waals surface area (Å²) in [5.74, 6) is -0.605. The lowest BCUT2D eigenvalue weighted by molar-refractivity contribution is -0.114. The summed E-state index contributed by atoms with van der Waals surface area (Å²) < 4.78 is 5.24. The van der Waals surface area contributed by atoms with Gasteiger partial charge >= 0.3 is 5.97 Å². The molecular formula is C22H19N3O3. The zero-order valence-electron chi connectivity index (χ0n) is 15.6. The van der Waals surface area contributed by atoms with Crippen LogP contribution in [0.1, 0.15) is 24.3 Å². The van der Waals surface area contributed by atoms with Crippen LogP contribution in [-0.2, 0) is 9.53 Å². The second-order valence-corrected chi connectivity index (χ2v) is 6.42. The molecule has 0 unspecified atom stereocenters. The molecular weight excluding hydrogens is 354 g/mol. The predicted octanol–water partition coefficient (Wildman–Crippen LogP) is 4.52. The quantitative estimate of drug-likeness (QED) is 0.515. The molecule has 2 aromatic carbocycles. The molecule has 6 nitrogen and oxygen atoms in total. The molecule has 2 heterocycles. The highest BCUT2D eigenvalue weighted by atomic mass is 16.5. The lowest BCUT2D eigenvalue weighted by Gasteiger charge is -2.10. The van der Waals surface area contributed by atoms with Gasteiger partial charge in [0.2, 0.25) is 5.91 Å². The number of anilines is 1. The second kappa shape index (κ2) is 7.15. The Balaban J connectivity index is 2.07. The number of pyridine rings is 1. The van der Waals surface area contributed by atoms with E-state index in [9.17, 15) is 9.59 Å². The number of rotatable bonds is 4. The van der Waals surface area contributed by atoms with E-state index in [0.29, 0.717) is 11.3 Å². The third kappa shape index (κ3) is 3.09. The van der Waals surface area contributed by atoms with Crippen LogP contribution >= 0.6 is 0 Å². The minimum Gasteiger partial charge on any atom is -0.461 e. The highest BCUT2D eigenvalue weighted by Gasteiger charge is 2.21. The Labute approximate surface area is 161 Å². The van der Waals surface area contributed by atoms with Gasteiger partial charge in [-0.25, -0.2) is 9.78 Å². The molecule has 0 radical (unpaired) electrons. The van der Waals surface area contributed by atoms with Crippen molar-refractivity contribution in [2.75, 3.05) is 11.9 Å². The van der Waals surface area contributed by atoms with Crippen molar-refractivity contribution in [2.24, 2.45) is 0 Å². The Bertz CT molecular complexity index is 1200. The summed E-state index contributed by atoms with van der Waals surface area (Å²) in [5.41, 5.74) is 4.24. The van der Waals surface area contributed by atoms with Crippen molar-refractivity contribution in [3.63, 3.8) is 0 Å². The van der Waals surface area contributed by atoms with Gasteiger partial charge in [0.15, 0.2) is 5.69 Å². The lowest BCUT2D eigenvalue weighted by atomic mass is 9.98. The summed E-state index contributed by atoms with van der Waals surface area (Å²) in [5, 5.41) is 4.57. The van der Waals surface area contributed by atoms with Crippen molar-refractivity contribution >= 4 is 39.4 Å². The third-order valence-corrected chi connectivity index (χ3v) is 4.49. The van der Waals surface area contributed by atoms with E-state index in [1.165, 1.54) is 6.92 Å². The van der Waals surface area contributed by atoms with E-state index in [1.54, 1.807) is 13.1 Å². The first-order chi connectivity index (χ1) is 13.6. The maximum Gasteiger partial charge on any atom is 0.357 e. The number of esters is 1. The fraction of sp³-hybridized carbons (Fsp3) is 0.136. The Hall–Kier alpha value is -3.67. The van der Waals surface area contributed by atoms with Crippen LogP contribution in [0.5, 0.6) is 0 Å². The molecule has 6 heteroatoms. The molecule has 0 saturated carbocycles. The van der Waals surface area contributed by atoms with Crippen molar-refractivity contribution in [1.82, 2.24) is 9.97 Å². The number of nitrogens with zero attached hydrogens (tertiary/aromatic N) is 1. The maximum atomic E-state index is 12.6. The van der Waals surface area contributed by atoms with Crippen molar-refractivity contribution in [3.05, 3.63) is 60.4 Å². The van der Waals surface area contributed by atoms with E-state index < -0.39 is 5.97 Å². The molecule has 0 spiro atoms. The Morgan fingerprint density at radius 3 is 2.61 bits per heavy atom. The van der Waals surface area contributed by atoms with Crippen molar-refractivity contribution in [2.45, 2.75) is 13.8 Å². The molecule has 1 amide bonds. The molecule has 0 aliphatic carbocycles. The van der Waals surface area contributed by atoms with E-state index in [2.05, 4.69) is 15.3 Å². The number of fused-ring (bicyclic) bond motifs is 3. The molecule has 0 fully saturated rings. The average molecular weight is 373 g/mol. The summed E-state index contributed by atoms with van der Waals surface area (Å²) in [6.45, 7) is 3.51. The number of benzene rings is 2. The van der Waals surface area contributed by atoms with Crippen LogP contribution in [0.4, 0.5) is 5.69 Å². The summed E-state index contributed by atoms with van der Waals surface area (Å²) in [7, 11) is 0. The van der Waals surface area contributed by atoms with Crippen LogP contribution in [0.15, 0.2) is 54.7 Å². The van der Waals surface area contributed by atoms with E-state index in [1.807, 2.05) is 48.5 Å². The number of aromatic amines is 1. The van der Waals surface area contributed by atoms with E-state index in [4.69, 9.17) is 4.74 Å². The first-order valence-electron chi connectivity index (χ1n) is 9.03. The summed E-state index contributed by atoms with van der Waals surface area (Å²) >= 11 is 0. The number of carbonyl (C=O) groups is 2. The molecule has 140 valence electrons. The molecule has 2 aromatic heterocycles. The molecule has 0 saturated heterocycles. The fourth-order valence-electron chi connectivity index (χ4n) is 3.41. The lowest BCUT2D eigenvalue weighted by Crippen LogP contribution is -2.09. The Morgan fingerprint density at radius 1 is 1.11 bits per heavy atom. The standard InChI is InChI=1S/C22H19N3O3/c1-3-28-22(27)21-19(14-7-5-4-6-8-14)20-16-11-15(24-13(2)26)9-10-17(16)25-18(20)12-23-21/h4-12,25H,3H2,1-2H3,(H,24,26). The first kappa shape index (κ1) is 17.7. The molecule has 2 N–H and O–H groups in total. The van der Waals surface area contributed by atoms with Crippen molar-refractivity contribution < 1.29 is 14.3 Å². The Kier molecular flexibility index (Phi) is 4.53. The van der Waals surface area contributed by atoms with Crippen LogP contribution in [0.2, 0.25) is 0 Å². The van der Waals surface area contributed by atoms with Gasteiger partial charge in [0.1, 0.15) is 0 Å². The van der Waals surface area contributed by atoms with Crippen LogP contribution in [0.3, 0.4) is 0 Å². The highest BCUT2D eigenvalue weighted by molar-refractivity contribution is 6.18. The van der Waals surface area contributed by atoms with Gasteiger partial charge in [0.25, 0.3) is 0 Å². The minimum atomic E-state index is -0.462.